The second kappa shape index (κ2) is 21.7. The molecule has 2 aromatic heterocycles. The van der Waals surface area contributed by atoms with Gasteiger partial charge in [0.15, 0.2) is 17.1 Å². The molecule has 1 aliphatic heterocycles. The van der Waals surface area contributed by atoms with Crippen molar-refractivity contribution < 1.29 is 53.6 Å². The maximum atomic E-state index is 13.7. The van der Waals surface area contributed by atoms with E-state index in [1.807, 2.05) is 18.2 Å². The van der Waals surface area contributed by atoms with Gasteiger partial charge in [-0.1, -0.05) is 37.5 Å². The van der Waals surface area contributed by atoms with Crippen LogP contribution in [0.1, 0.15) is 74.8 Å². The van der Waals surface area contributed by atoms with Gasteiger partial charge in [-0.3, -0.25) is 14.4 Å². The standard InChI is InChI=1S/C57H49N7O12S/c65-36-12-16-40-48(25-36)76-49-26-37(66)13-17-41(49)51(40)39-15-11-34(24-43(39)55(71)72)61-57(77)59-21-20-58-53(69)31-8-6-30(7-9-31)52-62-45-22-32(10-19-47(45)64(52)35-4-2-1-3-5-35)54(70)63-46(56(73)74)23-33-28-60-44-18-14-38(27-42(33)44)75-29-50(67)68/h6-19,22,24-28,35,46,60,65H,1-5,20-21,23,29H2,(H,58,69)(H,63,70)(H,67,68)(H,71,72)(H,73,74)(H2,59,61,77)/t46-/m0/s1. The lowest BCUT2D eigenvalue weighted by Gasteiger charge is -2.25. The van der Waals surface area contributed by atoms with Gasteiger partial charge in [0.25, 0.3) is 11.8 Å². The van der Waals surface area contributed by atoms with Crippen molar-refractivity contribution in [2.75, 3.05) is 25.0 Å². The van der Waals surface area contributed by atoms with Crippen molar-refractivity contribution in [3.63, 3.8) is 0 Å². The Kier molecular flexibility index (Phi) is 14.4. The number of nitrogens with zero attached hydrogens (tertiary/aromatic N) is 2. The minimum Gasteiger partial charge on any atom is -0.508 e. The van der Waals surface area contributed by atoms with Crippen LogP contribution in [0.3, 0.4) is 0 Å². The number of phenolic OH excluding ortho intramolecular Hbond substituents is 1. The summed E-state index contributed by atoms with van der Waals surface area (Å²) in [6.07, 6.45) is 6.67. The van der Waals surface area contributed by atoms with Gasteiger partial charge in [0.2, 0.25) is 0 Å². The number of carboxylic acids is 3. The highest BCUT2D eigenvalue weighted by Crippen LogP contribution is 2.43. The van der Waals surface area contributed by atoms with E-state index in [1.54, 1.807) is 72.9 Å². The molecule has 5 aromatic carbocycles. The third-order valence-electron chi connectivity index (χ3n) is 13.6. The molecule has 1 saturated carbocycles. The summed E-state index contributed by atoms with van der Waals surface area (Å²) in [5.74, 6) is -3.37. The van der Waals surface area contributed by atoms with Crippen LogP contribution in [0.25, 0.3) is 66.7 Å². The van der Waals surface area contributed by atoms with Gasteiger partial charge in [-0.15, -0.1) is 0 Å². The molecule has 2 aliphatic carbocycles. The van der Waals surface area contributed by atoms with Crippen LogP contribution < -0.4 is 31.4 Å². The molecule has 10 rings (SSSR count). The molecule has 19 nitrogen and oxygen atoms in total. The second-order valence-corrected chi connectivity index (χ2v) is 19.1. The number of hydrogen-bond acceptors (Lipinski definition) is 11. The Labute approximate surface area is 442 Å². The van der Waals surface area contributed by atoms with Crippen molar-refractivity contribution in [3.05, 3.63) is 154 Å². The van der Waals surface area contributed by atoms with E-state index in [-0.39, 0.29) is 70.2 Å². The molecule has 1 atom stereocenters. The van der Waals surface area contributed by atoms with E-state index in [9.17, 15) is 44.1 Å². The van der Waals surface area contributed by atoms with Crippen molar-refractivity contribution >= 4 is 85.6 Å². The first kappa shape index (κ1) is 50.9. The number of anilines is 1. The highest BCUT2D eigenvalue weighted by Gasteiger charge is 2.27. The predicted molar refractivity (Wildman–Crippen MR) is 291 cm³/mol. The predicted octanol–water partition coefficient (Wildman–Crippen LogP) is 8.58. The van der Waals surface area contributed by atoms with Crippen LogP contribution in [0.5, 0.6) is 11.5 Å². The largest absolute Gasteiger partial charge is 0.508 e. The number of nitrogens with one attached hydrogen (secondary N) is 5. The summed E-state index contributed by atoms with van der Waals surface area (Å²) in [6, 6.07) is 29.5. The number of ether oxygens (including phenoxy) is 1. The lowest BCUT2D eigenvalue weighted by molar-refractivity contribution is -0.140. The van der Waals surface area contributed by atoms with Gasteiger partial charge >= 0.3 is 17.9 Å². The molecule has 0 saturated heterocycles. The van der Waals surface area contributed by atoms with E-state index in [1.165, 1.54) is 30.3 Å². The molecule has 0 spiro atoms. The zero-order valence-corrected chi connectivity index (χ0v) is 41.7. The number of hydrogen-bond donors (Lipinski definition) is 9. The van der Waals surface area contributed by atoms with Crippen LogP contribution >= 0.6 is 12.2 Å². The van der Waals surface area contributed by atoms with Gasteiger partial charge in [0.1, 0.15) is 34.7 Å². The SMILES string of the molecule is O=C(O)COc1ccc2[nH]cc(C[C@H](NC(=O)c3ccc4c(c3)nc(-c3ccc(C(=O)NCCNC(=S)Nc5ccc(-c6c7ccc(=O)cc-7oc7cc(O)ccc67)c(C(=O)O)c5)cc3)n4C3CCCCC3)C(=O)O)c2c1. The van der Waals surface area contributed by atoms with Crippen LogP contribution in [0, 0.1) is 0 Å². The fourth-order valence-corrected chi connectivity index (χ4v) is 10.2. The minimum atomic E-state index is -1.30. The molecule has 1 fully saturated rings. The Morgan fingerprint density at radius 2 is 1.56 bits per heavy atom. The molecule has 77 heavy (non-hydrogen) atoms. The summed E-state index contributed by atoms with van der Waals surface area (Å²) in [7, 11) is 0. The fourth-order valence-electron chi connectivity index (χ4n) is 9.94. The quantitative estimate of drug-likeness (QED) is 0.0234. The van der Waals surface area contributed by atoms with Crippen molar-refractivity contribution in [2.45, 2.75) is 50.6 Å². The molecule has 3 heterocycles. The topological polar surface area (TPSA) is 287 Å². The molecule has 7 aromatic rings. The summed E-state index contributed by atoms with van der Waals surface area (Å²) >= 11 is 5.52. The van der Waals surface area contributed by atoms with Gasteiger partial charge in [-0.25, -0.2) is 19.4 Å². The van der Waals surface area contributed by atoms with Gasteiger partial charge in [0, 0.05) is 93.7 Å². The lowest BCUT2D eigenvalue weighted by Crippen LogP contribution is -2.42. The van der Waals surface area contributed by atoms with Crippen molar-refractivity contribution in [1.82, 2.24) is 30.5 Å². The molecule has 0 radical (unpaired) electrons. The molecule has 0 unspecified atom stereocenters. The summed E-state index contributed by atoms with van der Waals surface area (Å²) in [5, 5.41) is 52.7. The molecule has 390 valence electrons. The molecule has 9 N–H and O–H groups in total. The first-order valence-corrected chi connectivity index (χ1v) is 25.1. The average Bonchev–Trinajstić information content (AvgIpc) is 4.05. The Morgan fingerprint density at radius 1 is 0.792 bits per heavy atom. The summed E-state index contributed by atoms with van der Waals surface area (Å²) < 4.78 is 13.4. The maximum absolute atomic E-state index is 13.7. The van der Waals surface area contributed by atoms with Crippen molar-refractivity contribution in [2.24, 2.45) is 0 Å². The first-order chi connectivity index (χ1) is 37.2. The molecule has 2 amide bonds. The average molecular weight is 1060 g/mol. The van der Waals surface area contributed by atoms with Gasteiger partial charge in [-0.2, -0.15) is 0 Å². The maximum Gasteiger partial charge on any atom is 0.341 e. The fraction of sp³-hybridized carbons (Fsp3) is 0.193. The number of carboxylic acid groups (broad SMARTS) is 3. The normalized spacial score (nSPS) is 13.1. The summed E-state index contributed by atoms with van der Waals surface area (Å²) in [5.41, 5.74) is 5.70. The molecule has 20 heteroatoms. The van der Waals surface area contributed by atoms with Gasteiger partial charge < -0.3 is 60.4 Å². The Bertz CT molecular complexity index is 3840. The lowest BCUT2D eigenvalue weighted by atomic mass is 9.90. The second-order valence-electron chi connectivity index (χ2n) is 18.7. The number of fused-ring (bicyclic) bond motifs is 4. The van der Waals surface area contributed by atoms with Gasteiger partial charge in [-0.05, 0) is 121 Å². The van der Waals surface area contributed by atoms with Gasteiger partial charge in [0.05, 0.1) is 16.6 Å². The molecule has 0 bridgehead atoms. The van der Waals surface area contributed by atoms with E-state index in [4.69, 9.17) is 31.5 Å². The zero-order valence-electron chi connectivity index (χ0n) is 40.9. The highest BCUT2D eigenvalue weighted by atomic mass is 32.1. The monoisotopic (exact) mass is 1060 g/mol. The Hall–Kier alpha value is -9.56. The number of benzene rings is 6. The summed E-state index contributed by atoms with van der Waals surface area (Å²) in [6.45, 7) is -0.110. The van der Waals surface area contributed by atoms with Crippen LogP contribution in [0.2, 0.25) is 0 Å². The van der Waals surface area contributed by atoms with Crippen LogP contribution in [-0.2, 0) is 16.0 Å². The highest BCUT2D eigenvalue weighted by molar-refractivity contribution is 7.80. The number of aromatic amines is 1. The number of H-pyrrole nitrogens is 1. The Morgan fingerprint density at radius 3 is 2.32 bits per heavy atom. The number of carbonyl (C=O) groups excluding carboxylic acids is 2. The van der Waals surface area contributed by atoms with Crippen LogP contribution in [0.4, 0.5) is 5.69 Å². The van der Waals surface area contributed by atoms with E-state index < -0.39 is 36.5 Å². The first-order valence-electron chi connectivity index (χ1n) is 24.7. The van der Waals surface area contributed by atoms with E-state index in [0.29, 0.717) is 66.9 Å². The van der Waals surface area contributed by atoms with Crippen molar-refractivity contribution in [3.8, 4) is 45.3 Å². The van der Waals surface area contributed by atoms with E-state index >= 15 is 0 Å². The number of amides is 2. The zero-order chi connectivity index (χ0) is 53.9. The molecular formula is C57H49N7O12S. The number of carbonyl (C=O) groups is 5. The smallest absolute Gasteiger partial charge is 0.341 e. The number of aromatic hydroxyl groups is 1. The number of rotatable bonds is 17. The van der Waals surface area contributed by atoms with Crippen molar-refractivity contribution in [1.29, 1.82) is 0 Å². The third-order valence-corrected chi connectivity index (χ3v) is 13.8. The summed E-state index contributed by atoms with van der Waals surface area (Å²) in [4.78, 5) is 83.7. The molecular weight excluding hydrogens is 1010 g/mol. The number of aliphatic carboxylic acids is 2. The number of aromatic nitrogens is 3. The number of aromatic carboxylic acids is 1. The van der Waals surface area contributed by atoms with E-state index in [2.05, 4.69) is 30.8 Å². The van der Waals surface area contributed by atoms with Crippen LogP contribution in [-0.4, -0.2) is 95.5 Å². The third kappa shape index (κ3) is 11.0. The number of thiocarbonyl (C=S) groups is 1. The number of imidazole rings is 1. The minimum absolute atomic E-state index is 0.0531. The molecule has 3 aliphatic rings. The Balaban J connectivity index is 0.788. The van der Waals surface area contributed by atoms with E-state index in [0.717, 1.165) is 43.2 Å². The van der Waals surface area contributed by atoms with Crippen LogP contribution in [0.15, 0.2) is 131 Å². The number of phenols is 1.